The zero-order chi connectivity index (χ0) is 20.1. The molecular weight excluding hydrogens is 366 g/mol. The first-order chi connectivity index (χ1) is 14.2. The van der Waals surface area contributed by atoms with Gasteiger partial charge in [0, 0.05) is 56.9 Å². The van der Waals surface area contributed by atoms with E-state index >= 15 is 0 Å². The Labute approximate surface area is 170 Å². The van der Waals surface area contributed by atoms with E-state index in [1.807, 2.05) is 30.0 Å². The average molecular weight is 393 g/mol. The highest BCUT2D eigenvalue weighted by Gasteiger charge is 2.20. The molecule has 152 valence electrons. The van der Waals surface area contributed by atoms with Crippen LogP contribution in [0.5, 0.6) is 0 Å². The molecule has 0 bridgehead atoms. The van der Waals surface area contributed by atoms with Crippen molar-refractivity contribution in [2.75, 3.05) is 37.6 Å². The number of carbonyl (C=O) groups is 1. The maximum absolute atomic E-state index is 12.5. The molecule has 29 heavy (non-hydrogen) atoms. The molecule has 0 saturated carbocycles. The number of H-pyrrole nitrogens is 1. The molecule has 3 aromatic rings. The van der Waals surface area contributed by atoms with Crippen molar-refractivity contribution in [2.45, 2.75) is 19.9 Å². The molecular formula is C22H27N5O2. The van der Waals surface area contributed by atoms with Gasteiger partial charge in [-0.05, 0) is 31.2 Å². The van der Waals surface area contributed by atoms with Gasteiger partial charge in [-0.15, -0.1) is 0 Å². The summed E-state index contributed by atoms with van der Waals surface area (Å²) in [6.45, 7) is 6.51. The number of furan rings is 1. The van der Waals surface area contributed by atoms with E-state index in [-0.39, 0.29) is 5.91 Å². The van der Waals surface area contributed by atoms with Crippen molar-refractivity contribution < 1.29 is 9.21 Å². The van der Waals surface area contributed by atoms with Crippen molar-refractivity contribution in [3.05, 3.63) is 60.0 Å². The minimum Gasteiger partial charge on any atom is -0.460 e. The van der Waals surface area contributed by atoms with E-state index in [2.05, 4.69) is 44.7 Å². The lowest BCUT2D eigenvalue weighted by molar-refractivity contribution is -0.131. The average Bonchev–Trinajstić information content (AvgIpc) is 3.40. The number of rotatable bonds is 7. The second kappa shape index (κ2) is 8.96. The van der Waals surface area contributed by atoms with Crippen molar-refractivity contribution >= 4 is 11.6 Å². The van der Waals surface area contributed by atoms with Crippen LogP contribution in [0.1, 0.15) is 17.7 Å². The molecule has 1 aliphatic heterocycles. The number of aryl methyl sites for hydroxylation is 1. The summed E-state index contributed by atoms with van der Waals surface area (Å²) in [5.41, 5.74) is 3.14. The minimum absolute atomic E-state index is 0.208. The van der Waals surface area contributed by atoms with E-state index in [0.29, 0.717) is 19.5 Å². The fraction of sp³-hybridized carbons (Fsp3) is 0.364. The van der Waals surface area contributed by atoms with Crippen LogP contribution in [-0.4, -0.2) is 53.7 Å². The Balaban J connectivity index is 1.20. The third kappa shape index (κ3) is 4.68. The van der Waals surface area contributed by atoms with Crippen LogP contribution in [0.4, 0.5) is 5.69 Å². The lowest BCUT2D eigenvalue weighted by Crippen LogP contribution is -2.49. The van der Waals surface area contributed by atoms with Gasteiger partial charge in [0.2, 0.25) is 5.91 Å². The van der Waals surface area contributed by atoms with Crippen LogP contribution in [0.3, 0.4) is 0 Å². The van der Waals surface area contributed by atoms with E-state index in [4.69, 9.17) is 4.42 Å². The second-order valence-electron chi connectivity index (χ2n) is 7.31. The zero-order valence-corrected chi connectivity index (χ0v) is 16.7. The molecule has 0 radical (unpaired) electrons. The molecule has 1 aliphatic rings. The molecule has 0 spiro atoms. The molecule has 1 aromatic carbocycles. The number of benzene rings is 1. The van der Waals surface area contributed by atoms with Gasteiger partial charge in [0.25, 0.3) is 0 Å². The van der Waals surface area contributed by atoms with Crippen molar-refractivity contribution in [1.29, 1.82) is 0 Å². The van der Waals surface area contributed by atoms with Crippen LogP contribution < -0.4 is 10.2 Å². The molecule has 7 nitrogen and oxygen atoms in total. The van der Waals surface area contributed by atoms with Crippen molar-refractivity contribution in [3.8, 4) is 11.5 Å². The van der Waals surface area contributed by atoms with Gasteiger partial charge in [0.05, 0.1) is 6.20 Å². The van der Waals surface area contributed by atoms with Crippen LogP contribution in [0.15, 0.2) is 53.1 Å². The number of amides is 1. The third-order valence-corrected chi connectivity index (χ3v) is 5.29. The molecule has 2 N–H and O–H groups in total. The standard InChI is InChI=1S/C22H27N5O2/c1-17-7-8-20(29-17)22-18(16-24-25-22)15-23-10-9-21(28)27-13-11-26(12-14-27)19-5-3-2-4-6-19/h2-8,16,23H,9-15H2,1H3,(H,24,25). The second-order valence-corrected chi connectivity index (χ2v) is 7.31. The Morgan fingerprint density at radius 1 is 1.14 bits per heavy atom. The predicted molar refractivity (Wildman–Crippen MR) is 113 cm³/mol. The van der Waals surface area contributed by atoms with Crippen molar-refractivity contribution in [2.24, 2.45) is 0 Å². The first-order valence-electron chi connectivity index (χ1n) is 10.1. The summed E-state index contributed by atoms with van der Waals surface area (Å²) in [6.07, 6.45) is 2.29. The van der Waals surface area contributed by atoms with E-state index < -0.39 is 0 Å². The Bertz CT molecular complexity index is 926. The SMILES string of the molecule is Cc1ccc(-c2[nH]ncc2CNCCC(=O)N2CCN(c3ccccc3)CC2)o1. The lowest BCUT2D eigenvalue weighted by Gasteiger charge is -2.36. The van der Waals surface area contributed by atoms with E-state index in [9.17, 15) is 4.79 Å². The van der Waals surface area contributed by atoms with E-state index in [1.54, 1.807) is 6.20 Å². The molecule has 1 fully saturated rings. The Morgan fingerprint density at radius 3 is 2.66 bits per heavy atom. The highest BCUT2D eigenvalue weighted by molar-refractivity contribution is 5.76. The van der Waals surface area contributed by atoms with Crippen LogP contribution in [-0.2, 0) is 11.3 Å². The number of nitrogens with zero attached hydrogens (tertiary/aromatic N) is 3. The Hall–Kier alpha value is -3.06. The molecule has 3 heterocycles. The molecule has 0 unspecified atom stereocenters. The van der Waals surface area contributed by atoms with E-state index in [0.717, 1.165) is 49.0 Å². The van der Waals surface area contributed by atoms with Crippen LogP contribution in [0.25, 0.3) is 11.5 Å². The molecule has 0 aliphatic carbocycles. The summed E-state index contributed by atoms with van der Waals surface area (Å²) < 4.78 is 5.67. The number of nitrogens with one attached hydrogen (secondary N) is 2. The van der Waals surface area contributed by atoms with Gasteiger partial charge >= 0.3 is 0 Å². The maximum atomic E-state index is 12.5. The zero-order valence-electron chi connectivity index (χ0n) is 16.7. The summed E-state index contributed by atoms with van der Waals surface area (Å²) in [4.78, 5) is 16.8. The first-order valence-corrected chi connectivity index (χ1v) is 10.1. The molecule has 1 saturated heterocycles. The number of aromatic amines is 1. The number of aromatic nitrogens is 2. The Morgan fingerprint density at radius 2 is 1.93 bits per heavy atom. The summed E-state index contributed by atoms with van der Waals surface area (Å²) in [7, 11) is 0. The fourth-order valence-corrected chi connectivity index (χ4v) is 3.66. The van der Waals surface area contributed by atoms with Gasteiger partial charge in [0.15, 0.2) is 5.76 Å². The largest absolute Gasteiger partial charge is 0.460 e. The molecule has 1 amide bonds. The predicted octanol–water partition coefficient (Wildman–Crippen LogP) is 2.81. The first kappa shape index (κ1) is 19.3. The number of carbonyl (C=O) groups excluding carboxylic acids is 1. The van der Waals surface area contributed by atoms with Gasteiger partial charge in [-0.25, -0.2) is 0 Å². The van der Waals surface area contributed by atoms with Gasteiger partial charge in [-0.3, -0.25) is 9.89 Å². The molecule has 4 rings (SSSR count). The van der Waals surface area contributed by atoms with Crippen molar-refractivity contribution in [3.63, 3.8) is 0 Å². The number of hydrogen-bond donors (Lipinski definition) is 2. The normalized spacial score (nSPS) is 14.4. The topological polar surface area (TPSA) is 77.4 Å². The van der Waals surface area contributed by atoms with Crippen LogP contribution in [0, 0.1) is 6.92 Å². The van der Waals surface area contributed by atoms with Crippen LogP contribution in [0.2, 0.25) is 0 Å². The number of piperazine rings is 1. The number of hydrogen-bond acceptors (Lipinski definition) is 5. The van der Waals surface area contributed by atoms with Gasteiger partial charge in [0.1, 0.15) is 11.5 Å². The third-order valence-electron chi connectivity index (χ3n) is 5.29. The smallest absolute Gasteiger partial charge is 0.223 e. The van der Waals surface area contributed by atoms with Gasteiger partial charge in [-0.1, -0.05) is 18.2 Å². The van der Waals surface area contributed by atoms with Gasteiger partial charge < -0.3 is 19.5 Å². The summed E-state index contributed by atoms with van der Waals surface area (Å²) in [6, 6.07) is 14.2. The monoisotopic (exact) mass is 393 g/mol. The summed E-state index contributed by atoms with van der Waals surface area (Å²) in [5.74, 6) is 1.86. The number of para-hydroxylation sites is 1. The van der Waals surface area contributed by atoms with Crippen molar-refractivity contribution in [1.82, 2.24) is 20.4 Å². The fourth-order valence-electron chi connectivity index (χ4n) is 3.66. The lowest BCUT2D eigenvalue weighted by atomic mass is 10.2. The molecule has 2 aromatic heterocycles. The highest BCUT2D eigenvalue weighted by atomic mass is 16.3. The van der Waals surface area contributed by atoms with Gasteiger partial charge in [-0.2, -0.15) is 5.10 Å². The number of anilines is 1. The maximum Gasteiger partial charge on any atom is 0.223 e. The quantitative estimate of drug-likeness (QED) is 0.604. The van der Waals surface area contributed by atoms with E-state index in [1.165, 1.54) is 5.69 Å². The minimum atomic E-state index is 0.208. The summed E-state index contributed by atoms with van der Waals surface area (Å²) in [5, 5.41) is 10.5. The van der Waals surface area contributed by atoms with Crippen LogP contribution >= 0.6 is 0 Å². The molecule has 0 atom stereocenters. The Kier molecular flexibility index (Phi) is 5.95. The highest BCUT2D eigenvalue weighted by Crippen LogP contribution is 2.23. The summed E-state index contributed by atoms with van der Waals surface area (Å²) >= 11 is 0. The molecule has 7 heteroatoms.